The standard InChI is InChI=1S/C16H22BrN3O2.ClH/c1-18-9-6-15(21)20-10-7-12(8-11-20)16(22)19-14-5-3-2-4-13(14)17;/h2-5,12,18H,6-11H2,1H3,(H,19,22);1H. The van der Waals surface area contributed by atoms with Gasteiger partial charge in [-0.25, -0.2) is 0 Å². The number of hydrogen-bond donors (Lipinski definition) is 2. The molecule has 2 N–H and O–H groups in total. The van der Waals surface area contributed by atoms with Crippen LogP contribution in [0.4, 0.5) is 5.69 Å². The lowest BCUT2D eigenvalue weighted by Gasteiger charge is -2.31. The van der Waals surface area contributed by atoms with E-state index in [1.807, 2.05) is 36.2 Å². The van der Waals surface area contributed by atoms with Crippen molar-refractivity contribution in [1.82, 2.24) is 10.2 Å². The molecule has 0 unspecified atom stereocenters. The molecule has 2 amide bonds. The summed E-state index contributed by atoms with van der Waals surface area (Å²) in [4.78, 5) is 26.1. The van der Waals surface area contributed by atoms with Crippen LogP contribution < -0.4 is 10.6 Å². The molecule has 2 rings (SSSR count). The molecular weight excluding hydrogens is 382 g/mol. The van der Waals surface area contributed by atoms with Gasteiger partial charge in [0.1, 0.15) is 0 Å². The third-order valence-corrected chi connectivity index (χ3v) is 4.63. The maximum absolute atomic E-state index is 12.3. The molecule has 7 heteroatoms. The highest BCUT2D eigenvalue weighted by atomic mass is 79.9. The minimum Gasteiger partial charge on any atom is -0.343 e. The molecule has 0 aliphatic carbocycles. The quantitative estimate of drug-likeness (QED) is 0.793. The fraction of sp³-hybridized carbons (Fsp3) is 0.500. The van der Waals surface area contributed by atoms with Crippen molar-refractivity contribution >= 4 is 45.8 Å². The van der Waals surface area contributed by atoms with Crippen LogP contribution in [0.3, 0.4) is 0 Å². The number of rotatable bonds is 5. The average Bonchev–Trinajstić information content (AvgIpc) is 2.55. The van der Waals surface area contributed by atoms with Crippen molar-refractivity contribution in [1.29, 1.82) is 0 Å². The number of nitrogens with zero attached hydrogens (tertiary/aromatic N) is 1. The van der Waals surface area contributed by atoms with Crippen LogP contribution >= 0.6 is 28.3 Å². The van der Waals surface area contributed by atoms with Crippen LogP contribution in [0.5, 0.6) is 0 Å². The molecule has 1 saturated heterocycles. The second kappa shape index (κ2) is 9.90. The van der Waals surface area contributed by atoms with Crippen molar-refractivity contribution in [2.24, 2.45) is 5.92 Å². The smallest absolute Gasteiger partial charge is 0.227 e. The number of anilines is 1. The van der Waals surface area contributed by atoms with E-state index in [1.54, 1.807) is 0 Å². The summed E-state index contributed by atoms with van der Waals surface area (Å²) in [6, 6.07) is 7.58. The zero-order valence-electron chi connectivity index (χ0n) is 13.2. The Labute approximate surface area is 151 Å². The number of piperidine rings is 1. The maximum Gasteiger partial charge on any atom is 0.227 e. The summed E-state index contributed by atoms with van der Waals surface area (Å²) in [5.41, 5.74) is 0.792. The summed E-state index contributed by atoms with van der Waals surface area (Å²) in [6.07, 6.45) is 1.97. The first-order valence-electron chi connectivity index (χ1n) is 7.59. The third-order valence-electron chi connectivity index (χ3n) is 3.94. The van der Waals surface area contributed by atoms with E-state index < -0.39 is 0 Å². The molecule has 128 valence electrons. The second-order valence-corrected chi connectivity index (χ2v) is 6.33. The number of carbonyl (C=O) groups is 2. The van der Waals surface area contributed by atoms with Crippen LogP contribution in [0.25, 0.3) is 0 Å². The van der Waals surface area contributed by atoms with Crippen LogP contribution in [-0.4, -0.2) is 43.4 Å². The van der Waals surface area contributed by atoms with E-state index in [0.29, 0.717) is 26.1 Å². The molecule has 0 bridgehead atoms. The van der Waals surface area contributed by atoms with E-state index >= 15 is 0 Å². The molecule has 0 radical (unpaired) electrons. The molecule has 1 aromatic rings. The normalized spacial score (nSPS) is 15.0. The van der Waals surface area contributed by atoms with Gasteiger partial charge in [-0.2, -0.15) is 0 Å². The molecule has 0 saturated carbocycles. The van der Waals surface area contributed by atoms with Gasteiger partial charge in [0.05, 0.1) is 5.69 Å². The highest BCUT2D eigenvalue weighted by Crippen LogP contribution is 2.24. The summed E-state index contributed by atoms with van der Waals surface area (Å²) in [7, 11) is 1.84. The number of nitrogens with one attached hydrogen (secondary N) is 2. The molecule has 0 spiro atoms. The van der Waals surface area contributed by atoms with Crippen molar-refractivity contribution in [3.63, 3.8) is 0 Å². The minimum atomic E-state index is -0.0274. The minimum absolute atomic E-state index is 0. The van der Waals surface area contributed by atoms with Gasteiger partial charge in [0.25, 0.3) is 0 Å². The fourth-order valence-electron chi connectivity index (χ4n) is 2.58. The van der Waals surface area contributed by atoms with Gasteiger partial charge in [-0.15, -0.1) is 12.4 Å². The molecule has 1 fully saturated rings. The number of benzene rings is 1. The third kappa shape index (κ3) is 5.79. The summed E-state index contributed by atoms with van der Waals surface area (Å²) < 4.78 is 0.878. The Morgan fingerprint density at radius 2 is 1.91 bits per heavy atom. The van der Waals surface area contributed by atoms with E-state index in [4.69, 9.17) is 0 Å². The number of carbonyl (C=O) groups excluding carboxylic acids is 2. The van der Waals surface area contributed by atoms with E-state index in [9.17, 15) is 9.59 Å². The molecule has 23 heavy (non-hydrogen) atoms. The lowest BCUT2D eigenvalue weighted by atomic mass is 9.95. The largest absolute Gasteiger partial charge is 0.343 e. The summed E-state index contributed by atoms with van der Waals surface area (Å²) in [5.74, 6) is 0.175. The van der Waals surface area contributed by atoms with E-state index in [0.717, 1.165) is 23.0 Å². The van der Waals surface area contributed by atoms with Gasteiger partial charge in [0.2, 0.25) is 11.8 Å². The van der Waals surface area contributed by atoms with Crippen LogP contribution in [0.15, 0.2) is 28.7 Å². The van der Waals surface area contributed by atoms with Crippen LogP contribution in [0.1, 0.15) is 19.3 Å². The van der Waals surface area contributed by atoms with Gasteiger partial charge in [-0.05, 0) is 48.0 Å². The fourth-order valence-corrected chi connectivity index (χ4v) is 2.96. The molecular formula is C16H23BrClN3O2. The van der Waals surface area contributed by atoms with Gasteiger partial charge < -0.3 is 15.5 Å². The molecule has 1 aliphatic heterocycles. The number of para-hydroxylation sites is 1. The van der Waals surface area contributed by atoms with Crippen molar-refractivity contribution in [3.8, 4) is 0 Å². The summed E-state index contributed by atoms with van der Waals surface area (Å²) in [6.45, 7) is 2.02. The summed E-state index contributed by atoms with van der Waals surface area (Å²) in [5, 5.41) is 5.94. The van der Waals surface area contributed by atoms with Crippen molar-refractivity contribution in [3.05, 3.63) is 28.7 Å². The van der Waals surface area contributed by atoms with Gasteiger partial charge in [-0.3, -0.25) is 9.59 Å². The first-order valence-corrected chi connectivity index (χ1v) is 8.39. The molecule has 1 heterocycles. The number of hydrogen-bond acceptors (Lipinski definition) is 3. The number of likely N-dealkylation sites (tertiary alicyclic amines) is 1. The van der Waals surface area contributed by atoms with Gasteiger partial charge in [-0.1, -0.05) is 12.1 Å². The Bertz CT molecular complexity index is 534. The zero-order chi connectivity index (χ0) is 15.9. The highest BCUT2D eigenvalue weighted by Gasteiger charge is 2.27. The van der Waals surface area contributed by atoms with E-state index in [1.165, 1.54) is 0 Å². The summed E-state index contributed by atoms with van der Waals surface area (Å²) >= 11 is 3.43. The van der Waals surface area contributed by atoms with E-state index in [2.05, 4.69) is 26.6 Å². The molecule has 0 aromatic heterocycles. The van der Waals surface area contributed by atoms with E-state index in [-0.39, 0.29) is 30.1 Å². The number of amides is 2. The first-order chi connectivity index (χ1) is 10.6. The Morgan fingerprint density at radius 1 is 1.26 bits per heavy atom. The molecule has 5 nitrogen and oxygen atoms in total. The molecule has 1 aliphatic rings. The average molecular weight is 405 g/mol. The van der Waals surface area contributed by atoms with Crippen molar-refractivity contribution in [2.45, 2.75) is 19.3 Å². The Hall–Kier alpha value is -1.11. The van der Waals surface area contributed by atoms with Crippen LogP contribution in [0, 0.1) is 5.92 Å². The maximum atomic E-state index is 12.3. The Kier molecular flexibility index (Phi) is 8.58. The van der Waals surface area contributed by atoms with Gasteiger partial charge in [0.15, 0.2) is 0 Å². The highest BCUT2D eigenvalue weighted by molar-refractivity contribution is 9.10. The molecule has 0 atom stereocenters. The zero-order valence-corrected chi connectivity index (χ0v) is 15.6. The van der Waals surface area contributed by atoms with Crippen molar-refractivity contribution in [2.75, 3.05) is 32.0 Å². The number of halogens is 2. The Morgan fingerprint density at radius 3 is 2.52 bits per heavy atom. The Balaban J connectivity index is 0.00000264. The lowest BCUT2D eigenvalue weighted by molar-refractivity contribution is -0.134. The second-order valence-electron chi connectivity index (χ2n) is 5.48. The van der Waals surface area contributed by atoms with Crippen LogP contribution in [-0.2, 0) is 9.59 Å². The predicted octanol–water partition coefficient (Wildman–Crippen LogP) is 2.66. The van der Waals surface area contributed by atoms with Gasteiger partial charge in [0, 0.05) is 36.4 Å². The molecule has 1 aromatic carbocycles. The van der Waals surface area contributed by atoms with Crippen molar-refractivity contribution < 1.29 is 9.59 Å². The first kappa shape index (κ1) is 19.9. The van der Waals surface area contributed by atoms with Gasteiger partial charge >= 0.3 is 0 Å². The van der Waals surface area contributed by atoms with Crippen LogP contribution in [0.2, 0.25) is 0 Å². The topological polar surface area (TPSA) is 61.4 Å². The lowest BCUT2D eigenvalue weighted by Crippen LogP contribution is -2.42. The monoisotopic (exact) mass is 403 g/mol. The SMILES string of the molecule is CNCCC(=O)N1CCC(C(=O)Nc2ccccc2Br)CC1.Cl. The predicted molar refractivity (Wildman–Crippen MR) is 97.9 cm³/mol.